The zero-order valence-electron chi connectivity index (χ0n) is 11.9. The number of hydrogen-bond donors (Lipinski definition) is 0. The Morgan fingerprint density at radius 2 is 1.95 bits per heavy atom. The number of amides is 1. The van der Waals surface area contributed by atoms with E-state index >= 15 is 0 Å². The first-order valence-electron chi connectivity index (χ1n) is 6.12. The Morgan fingerprint density at radius 1 is 1.37 bits per heavy atom. The molecule has 0 bridgehead atoms. The van der Waals surface area contributed by atoms with E-state index in [1.54, 1.807) is 22.9 Å². The molecule has 0 aliphatic carbocycles. The van der Waals surface area contributed by atoms with Gasteiger partial charge in [-0.05, 0) is 24.0 Å². The summed E-state index contributed by atoms with van der Waals surface area (Å²) >= 11 is 1.69. The van der Waals surface area contributed by atoms with Crippen molar-refractivity contribution in [1.29, 1.82) is 0 Å². The Morgan fingerprint density at radius 3 is 2.42 bits per heavy atom. The van der Waals surface area contributed by atoms with Crippen molar-refractivity contribution in [3.8, 4) is 0 Å². The first-order valence-corrected chi connectivity index (χ1v) is 9.07. The summed E-state index contributed by atoms with van der Waals surface area (Å²) in [5.74, 6) is 1.05. The van der Waals surface area contributed by atoms with Crippen LogP contribution < -0.4 is 0 Å². The van der Waals surface area contributed by atoms with E-state index in [4.69, 9.17) is 0 Å². The molecule has 5 heteroatoms. The summed E-state index contributed by atoms with van der Waals surface area (Å²) in [4.78, 5) is 14.6. The van der Waals surface area contributed by atoms with Gasteiger partial charge in [0.2, 0.25) is 5.91 Å². The summed E-state index contributed by atoms with van der Waals surface area (Å²) in [5.41, 5.74) is 1.06. The lowest BCUT2D eigenvalue weighted by molar-refractivity contribution is -0.133. The van der Waals surface area contributed by atoms with Gasteiger partial charge in [0.15, 0.2) is 0 Å². The van der Waals surface area contributed by atoms with Gasteiger partial charge in [-0.2, -0.15) is 11.8 Å². The van der Waals surface area contributed by atoms with E-state index in [9.17, 15) is 9.00 Å². The largest absolute Gasteiger partial charge is 0.341 e. The van der Waals surface area contributed by atoms with Crippen molar-refractivity contribution < 1.29 is 9.00 Å². The molecule has 1 rings (SSSR count). The maximum absolute atomic E-state index is 12.1. The van der Waals surface area contributed by atoms with Gasteiger partial charge in [0.05, 0.1) is 0 Å². The van der Waals surface area contributed by atoms with E-state index in [2.05, 4.69) is 0 Å². The quantitative estimate of drug-likeness (QED) is 0.809. The number of hydrogen-bond acceptors (Lipinski definition) is 3. The van der Waals surface area contributed by atoms with Crippen molar-refractivity contribution >= 4 is 28.5 Å². The second-order valence-corrected chi connectivity index (χ2v) is 6.94. The van der Waals surface area contributed by atoms with Gasteiger partial charge in [-0.3, -0.25) is 9.00 Å². The molecular weight excluding hydrogens is 278 g/mol. The number of carbonyl (C=O) groups is 1. The van der Waals surface area contributed by atoms with Gasteiger partial charge in [-0.15, -0.1) is 0 Å². The number of nitrogens with zero attached hydrogens (tertiary/aromatic N) is 1. The van der Waals surface area contributed by atoms with E-state index in [1.165, 1.54) is 0 Å². The second kappa shape index (κ2) is 7.70. The fourth-order valence-electron chi connectivity index (χ4n) is 1.84. The molecule has 0 saturated heterocycles. The highest BCUT2D eigenvalue weighted by Crippen LogP contribution is 2.12. The molecule has 0 aliphatic rings. The third kappa shape index (κ3) is 4.99. The first-order chi connectivity index (χ1) is 8.95. The van der Waals surface area contributed by atoms with Crippen LogP contribution in [0.25, 0.3) is 0 Å². The van der Waals surface area contributed by atoms with Gasteiger partial charge in [-0.25, -0.2) is 0 Å². The standard InChI is InChI=1S/C14H21NO2S2/c1-11(10-18-3)14(16)15(2)9-12-5-7-13(8-6-12)19(4)17/h5-8,11H,9-10H2,1-4H3/t11-,19-/m0/s1. The summed E-state index contributed by atoms with van der Waals surface area (Å²) in [7, 11) is 0.872. The van der Waals surface area contributed by atoms with Crippen LogP contribution in [0.5, 0.6) is 0 Å². The predicted molar refractivity (Wildman–Crippen MR) is 82.8 cm³/mol. The summed E-state index contributed by atoms with van der Waals surface area (Å²) in [6, 6.07) is 7.57. The number of carbonyl (C=O) groups excluding carboxylic acids is 1. The monoisotopic (exact) mass is 299 g/mol. The Bertz CT molecular complexity index is 445. The molecular formula is C14H21NO2S2. The Kier molecular flexibility index (Phi) is 6.58. The van der Waals surface area contributed by atoms with Crippen molar-refractivity contribution in [1.82, 2.24) is 4.90 Å². The fraction of sp³-hybridized carbons (Fsp3) is 0.500. The van der Waals surface area contributed by atoms with Crippen LogP contribution in [0.3, 0.4) is 0 Å². The van der Waals surface area contributed by atoms with Crippen molar-refractivity contribution in [2.75, 3.05) is 25.3 Å². The molecule has 106 valence electrons. The first kappa shape index (κ1) is 16.2. The van der Waals surface area contributed by atoms with Crippen LogP contribution in [0.1, 0.15) is 12.5 Å². The molecule has 0 saturated carbocycles. The normalized spacial score (nSPS) is 13.9. The Hall–Kier alpha value is -0.810. The lowest BCUT2D eigenvalue weighted by Gasteiger charge is -2.21. The van der Waals surface area contributed by atoms with Gasteiger partial charge in [0, 0.05) is 47.2 Å². The second-order valence-electron chi connectivity index (χ2n) is 4.65. The molecule has 0 fully saturated rings. The molecule has 0 heterocycles. The van der Waals surface area contributed by atoms with Crippen LogP contribution in [0.15, 0.2) is 29.2 Å². The molecule has 19 heavy (non-hydrogen) atoms. The lowest BCUT2D eigenvalue weighted by Crippen LogP contribution is -2.32. The minimum absolute atomic E-state index is 0.0439. The van der Waals surface area contributed by atoms with Crippen molar-refractivity contribution in [3.05, 3.63) is 29.8 Å². The van der Waals surface area contributed by atoms with Crippen molar-refractivity contribution in [3.63, 3.8) is 0 Å². The summed E-state index contributed by atoms with van der Waals surface area (Å²) < 4.78 is 11.3. The summed E-state index contributed by atoms with van der Waals surface area (Å²) in [6.07, 6.45) is 3.67. The van der Waals surface area contributed by atoms with E-state index in [1.807, 2.05) is 44.5 Å². The van der Waals surface area contributed by atoms with Gasteiger partial charge in [0.25, 0.3) is 0 Å². The molecule has 0 radical (unpaired) electrons. The predicted octanol–water partition coefficient (Wildman–Crippen LogP) is 2.38. The van der Waals surface area contributed by atoms with Gasteiger partial charge in [-0.1, -0.05) is 19.1 Å². The zero-order chi connectivity index (χ0) is 14.4. The van der Waals surface area contributed by atoms with Crippen molar-refractivity contribution in [2.45, 2.75) is 18.4 Å². The van der Waals surface area contributed by atoms with Crippen LogP contribution in [0, 0.1) is 5.92 Å². The summed E-state index contributed by atoms with van der Waals surface area (Å²) in [5, 5.41) is 0. The van der Waals surface area contributed by atoms with E-state index < -0.39 is 10.8 Å². The smallest absolute Gasteiger partial charge is 0.226 e. The molecule has 2 atom stereocenters. The average Bonchev–Trinajstić information content (AvgIpc) is 2.38. The van der Waals surface area contributed by atoms with Gasteiger partial charge < -0.3 is 4.90 Å². The van der Waals surface area contributed by atoms with Crippen LogP contribution >= 0.6 is 11.8 Å². The highest BCUT2D eigenvalue weighted by molar-refractivity contribution is 7.98. The maximum Gasteiger partial charge on any atom is 0.226 e. The maximum atomic E-state index is 12.1. The van der Waals surface area contributed by atoms with Crippen LogP contribution in [0.4, 0.5) is 0 Å². The molecule has 1 aromatic rings. The van der Waals surface area contributed by atoms with E-state index in [-0.39, 0.29) is 11.8 Å². The number of thioether (sulfide) groups is 1. The Balaban J connectivity index is 2.63. The number of rotatable bonds is 6. The third-order valence-electron chi connectivity index (χ3n) is 2.89. The number of benzene rings is 1. The molecule has 3 nitrogen and oxygen atoms in total. The zero-order valence-corrected chi connectivity index (χ0v) is 13.5. The summed E-state index contributed by atoms with van der Waals surface area (Å²) in [6.45, 7) is 2.55. The van der Waals surface area contributed by atoms with Crippen LogP contribution in [-0.2, 0) is 22.1 Å². The Labute approximate surface area is 122 Å². The molecule has 0 aliphatic heterocycles. The SMILES string of the molecule is CSC[C@H](C)C(=O)N(C)Cc1ccc([S@](C)=O)cc1. The van der Waals surface area contributed by atoms with Crippen LogP contribution in [-0.4, -0.2) is 40.3 Å². The fourth-order valence-corrected chi connectivity index (χ4v) is 3.00. The van der Waals surface area contributed by atoms with E-state index in [0.29, 0.717) is 6.54 Å². The lowest BCUT2D eigenvalue weighted by atomic mass is 10.1. The minimum Gasteiger partial charge on any atom is -0.341 e. The molecule has 0 spiro atoms. The highest BCUT2D eigenvalue weighted by atomic mass is 32.2. The van der Waals surface area contributed by atoms with Crippen LogP contribution in [0.2, 0.25) is 0 Å². The van der Waals surface area contributed by atoms with Gasteiger partial charge >= 0.3 is 0 Å². The molecule has 0 N–H and O–H groups in total. The third-order valence-corrected chi connectivity index (χ3v) is 4.66. The minimum atomic E-state index is -0.952. The highest BCUT2D eigenvalue weighted by Gasteiger charge is 2.16. The molecule has 1 aromatic carbocycles. The van der Waals surface area contributed by atoms with E-state index in [0.717, 1.165) is 16.2 Å². The molecule has 0 aromatic heterocycles. The molecule has 0 unspecified atom stereocenters. The van der Waals surface area contributed by atoms with Crippen molar-refractivity contribution in [2.24, 2.45) is 5.92 Å². The molecule has 1 amide bonds. The topological polar surface area (TPSA) is 37.4 Å². The van der Waals surface area contributed by atoms with Gasteiger partial charge in [0.1, 0.15) is 0 Å². The average molecular weight is 299 g/mol.